The van der Waals surface area contributed by atoms with Crippen molar-refractivity contribution in [1.29, 1.82) is 5.26 Å². The van der Waals surface area contributed by atoms with Crippen molar-refractivity contribution in [2.75, 3.05) is 25.1 Å². The minimum atomic E-state index is 0.288. The summed E-state index contributed by atoms with van der Waals surface area (Å²) in [5, 5.41) is 8.90. The van der Waals surface area contributed by atoms with Gasteiger partial charge in [0.05, 0.1) is 0 Å². The lowest BCUT2D eigenvalue weighted by molar-refractivity contribution is 0.160. The molecular weight excluding hydrogens is 194 g/mol. The van der Waals surface area contributed by atoms with Crippen molar-refractivity contribution in [3.05, 3.63) is 11.6 Å². The molecule has 0 aliphatic heterocycles. The molecule has 0 saturated carbocycles. The van der Waals surface area contributed by atoms with Gasteiger partial charge in [-0.05, 0) is 13.8 Å². The van der Waals surface area contributed by atoms with E-state index in [2.05, 4.69) is 4.98 Å². The summed E-state index contributed by atoms with van der Waals surface area (Å²) >= 11 is 0. The molecule has 0 saturated heterocycles. The topological polar surface area (TPSA) is 62.3 Å². The third kappa shape index (κ3) is 2.48. The molecule has 0 fully saturated rings. The molecule has 1 aromatic rings. The molecule has 5 nitrogen and oxygen atoms in total. The Balaban J connectivity index is 3.00. The molecule has 0 atom stereocenters. The molecule has 82 valence electrons. The summed E-state index contributed by atoms with van der Waals surface area (Å²) in [5.41, 5.74) is 0.325. The Morgan fingerprint density at radius 1 is 1.47 bits per heavy atom. The number of nitrogens with zero attached hydrogens (tertiary/aromatic N) is 3. The fourth-order valence-corrected chi connectivity index (χ4v) is 1.34. The van der Waals surface area contributed by atoms with E-state index < -0.39 is 0 Å². The SMILES string of the molecule is CCN(CC)c1oc(COC)nc1C#N. The summed E-state index contributed by atoms with van der Waals surface area (Å²) in [7, 11) is 1.56. The monoisotopic (exact) mass is 209 g/mol. The van der Waals surface area contributed by atoms with Crippen molar-refractivity contribution < 1.29 is 9.15 Å². The number of anilines is 1. The van der Waals surface area contributed by atoms with Gasteiger partial charge in [-0.25, -0.2) is 0 Å². The standard InChI is InChI=1S/C10H15N3O2/c1-4-13(5-2)10-8(6-11)12-9(15-10)7-14-3/h4-5,7H2,1-3H3. The maximum absolute atomic E-state index is 8.90. The highest BCUT2D eigenvalue weighted by Gasteiger charge is 2.16. The summed E-state index contributed by atoms with van der Waals surface area (Å²) in [6.07, 6.45) is 0. The summed E-state index contributed by atoms with van der Waals surface area (Å²) in [5.74, 6) is 0.977. The predicted octanol–water partition coefficient (Wildman–Crippen LogP) is 1.54. The van der Waals surface area contributed by atoms with E-state index in [1.807, 2.05) is 24.8 Å². The van der Waals surface area contributed by atoms with Gasteiger partial charge in [-0.3, -0.25) is 0 Å². The van der Waals surface area contributed by atoms with E-state index in [4.69, 9.17) is 14.4 Å². The highest BCUT2D eigenvalue weighted by atomic mass is 16.5. The molecule has 0 aliphatic rings. The van der Waals surface area contributed by atoms with Crippen molar-refractivity contribution in [2.24, 2.45) is 0 Å². The first kappa shape index (κ1) is 11.5. The summed E-state index contributed by atoms with van der Waals surface area (Å²) in [4.78, 5) is 5.99. The van der Waals surface area contributed by atoms with Crippen LogP contribution in [0.2, 0.25) is 0 Å². The number of methoxy groups -OCH3 is 1. The molecule has 15 heavy (non-hydrogen) atoms. The summed E-state index contributed by atoms with van der Waals surface area (Å²) < 4.78 is 10.4. The second-order valence-corrected chi connectivity index (χ2v) is 2.98. The lowest BCUT2D eigenvalue weighted by atomic mass is 10.4. The van der Waals surface area contributed by atoms with Crippen LogP contribution in [0.25, 0.3) is 0 Å². The third-order valence-electron chi connectivity index (χ3n) is 2.08. The number of nitriles is 1. The van der Waals surface area contributed by atoms with Gasteiger partial charge in [0.25, 0.3) is 0 Å². The fourth-order valence-electron chi connectivity index (χ4n) is 1.34. The third-order valence-corrected chi connectivity index (χ3v) is 2.08. The van der Waals surface area contributed by atoms with E-state index in [0.29, 0.717) is 17.5 Å². The van der Waals surface area contributed by atoms with E-state index in [-0.39, 0.29) is 6.61 Å². The first-order chi connectivity index (χ1) is 7.26. The maximum atomic E-state index is 8.90. The quantitative estimate of drug-likeness (QED) is 0.736. The van der Waals surface area contributed by atoms with Crippen LogP contribution in [0.4, 0.5) is 5.88 Å². The zero-order chi connectivity index (χ0) is 11.3. The minimum absolute atomic E-state index is 0.288. The van der Waals surface area contributed by atoms with Crippen LogP contribution in [0, 0.1) is 11.3 Å². The molecule has 0 aromatic carbocycles. The van der Waals surface area contributed by atoms with Gasteiger partial charge in [0, 0.05) is 20.2 Å². The minimum Gasteiger partial charge on any atom is -0.421 e. The van der Waals surface area contributed by atoms with Gasteiger partial charge in [-0.15, -0.1) is 0 Å². The summed E-state index contributed by atoms with van der Waals surface area (Å²) in [6.45, 7) is 5.86. The summed E-state index contributed by atoms with van der Waals surface area (Å²) in [6, 6.07) is 2.02. The normalized spacial score (nSPS) is 10.0. The van der Waals surface area contributed by atoms with Crippen LogP contribution in [0.3, 0.4) is 0 Å². The zero-order valence-corrected chi connectivity index (χ0v) is 9.28. The molecule has 0 N–H and O–H groups in total. The maximum Gasteiger partial charge on any atom is 0.234 e. The van der Waals surface area contributed by atoms with E-state index in [1.165, 1.54) is 0 Å². The van der Waals surface area contributed by atoms with Crippen LogP contribution >= 0.6 is 0 Å². The molecule has 1 rings (SSSR count). The van der Waals surface area contributed by atoms with Crippen molar-refractivity contribution in [3.63, 3.8) is 0 Å². The second-order valence-electron chi connectivity index (χ2n) is 2.98. The molecule has 1 aromatic heterocycles. The molecule has 0 spiro atoms. The van der Waals surface area contributed by atoms with Crippen LogP contribution in [-0.2, 0) is 11.3 Å². The van der Waals surface area contributed by atoms with Gasteiger partial charge in [0.2, 0.25) is 17.5 Å². The number of aromatic nitrogens is 1. The number of hydrogen-bond donors (Lipinski definition) is 0. The van der Waals surface area contributed by atoms with E-state index in [1.54, 1.807) is 7.11 Å². The van der Waals surface area contributed by atoms with Gasteiger partial charge < -0.3 is 14.1 Å². The number of oxazole rings is 1. The average molecular weight is 209 g/mol. The Hall–Kier alpha value is -1.54. The Labute approximate surface area is 89.3 Å². The molecule has 0 radical (unpaired) electrons. The van der Waals surface area contributed by atoms with Crippen LogP contribution in [0.1, 0.15) is 25.4 Å². The Kier molecular flexibility index (Phi) is 4.13. The Morgan fingerprint density at radius 2 is 2.13 bits per heavy atom. The largest absolute Gasteiger partial charge is 0.421 e. The van der Waals surface area contributed by atoms with Crippen LogP contribution in [-0.4, -0.2) is 25.2 Å². The molecule has 1 heterocycles. The fraction of sp³-hybridized carbons (Fsp3) is 0.600. The molecular formula is C10H15N3O2. The van der Waals surface area contributed by atoms with Crippen molar-refractivity contribution in [2.45, 2.75) is 20.5 Å². The number of ether oxygens (including phenoxy) is 1. The molecule has 0 bridgehead atoms. The molecule has 0 aliphatic carbocycles. The lowest BCUT2D eigenvalue weighted by Crippen LogP contribution is -2.22. The van der Waals surface area contributed by atoms with E-state index in [9.17, 15) is 0 Å². The number of rotatable bonds is 5. The van der Waals surface area contributed by atoms with Crippen molar-refractivity contribution >= 4 is 5.88 Å². The zero-order valence-electron chi connectivity index (χ0n) is 9.28. The highest BCUT2D eigenvalue weighted by Crippen LogP contribution is 2.21. The van der Waals surface area contributed by atoms with Gasteiger partial charge in [-0.1, -0.05) is 0 Å². The van der Waals surface area contributed by atoms with Crippen LogP contribution < -0.4 is 4.90 Å². The van der Waals surface area contributed by atoms with Gasteiger partial charge >= 0.3 is 0 Å². The van der Waals surface area contributed by atoms with Gasteiger partial charge in [-0.2, -0.15) is 10.2 Å². The first-order valence-electron chi connectivity index (χ1n) is 4.90. The van der Waals surface area contributed by atoms with Gasteiger partial charge in [0.15, 0.2) is 0 Å². The molecule has 0 unspecified atom stereocenters. The van der Waals surface area contributed by atoms with Crippen molar-refractivity contribution in [3.8, 4) is 6.07 Å². The predicted molar refractivity (Wildman–Crippen MR) is 55.5 cm³/mol. The van der Waals surface area contributed by atoms with Crippen LogP contribution in [0.5, 0.6) is 0 Å². The molecule has 0 amide bonds. The smallest absolute Gasteiger partial charge is 0.234 e. The van der Waals surface area contributed by atoms with Crippen molar-refractivity contribution in [1.82, 2.24) is 4.98 Å². The Morgan fingerprint density at radius 3 is 2.60 bits per heavy atom. The lowest BCUT2D eigenvalue weighted by Gasteiger charge is -2.16. The van der Waals surface area contributed by atoms with E-state index >= 15 is 0 Å². The van der Waals surface area contributed by atoms with Gasteiger partial charge in [0.1, 0.15) is 12.7 Å². The van der Waals surface area contributed by atoms with E-state index in [0.717, 1.165) is 13.1 Å². The number of hydrogen-bond acceptors (Lipinski definition) is 5. The highest BCUT2D eigenvalue weighted by molar-refractivity contribution is 5.47. The first-order valence-corrected chi connectivity index (χ1v) is 4.90. The Bertz CT molecular complexity index is 350. The van der Waals surface area contributed by atoms with Crippen LogP contribution in [0.15, 0.2) is 4.42 Å². The second kappa shape index (κ2) is 5.37. The average Bonchev–Trinajstić information content (AvgIpc) is 2.64. The molecule has 5 heteroatoms.